The van der Waals surface area contributed by atoms with Crippen LogP contribution < -0.4 is 15.3 Å². The van der Waals surface area contributed by atoms with Crippen LogP contribution in [0.25, 0.3) is 0 Å². The average molecular weight is 379 g/mol. The van der Waals surface area contributed by atoms with Crippen LogP contribution in [0.1, 0.15) is 69.2 Å². The maximum absolute atomic E-state index is 10.1. The van der Waals surface area contributed by atoms with Crippen molar-refractivity contribution in [1.82, 2.24) is 0 Å². The van der Waals surface area contributed by atoms with Crippen molar-refractivity contribution in [1.29, 1.82) is 0 Å². The van der Waals surface area contributed by atoms with E-state index in [-0.39, 0.29) is 0 Å². The molecule has 0 aliphatic carbocycles. The van der Waals surface area contributed by atoms with Gasteiger partial charge in [0.2, 0.25) is 0 Å². The van der Waals surface area contributed by atoms with E-state index < -0.39 is 16.8 Å². The first-order valence-electron chi connectivity index (χ1n) is 6.31. The van der Waals surface area contributed by atoms with Crippen molar-refractivity contribution < 1.29 is 15.3 Å². The van der Waals surface area contributed by atoms with Gasteiger partial charge in [-0.3, -0.25) is 0 Å². The van der Waals surface area contributed by atoms with Gasteiger partial charge in [-0.25, -0.2) is 0 Å². The van der Waals surface area contributed by atoms with Crippen molar-refractivity contribution in [3.63, 3.8) is 0 Å². The van der Waals surface area contributed by atoms with E-state index in [1.807, 2.05) is 13.0 Å². The van der Waals surface area contributed by atoms with Crippen molar-refractivity contribution in [3.8, 4) is 0 Å². The van der Waals surface area contributed by atoms with E-state index in [1.54, 1.807) is 62.3 Å². The second-order valence-corrected chi connectivity index (χ2v) is 7.79. The Bertz CT molecular complexity index is 142. The van der Waals surface area contributed by atoms with Gasteiger partial charge in [0.05, 0.1) is 0 Å². The molecule has 0 saturated carbocycles. The third-order valence-corrected chi connectivity index (χ3v) is 1.12. The van der Waals surface area contributed by atoms with E-state index in [2.05, 4.69) is 4.09 Å². The van der Waals surface area contributed by atoms with E-state index in [9.17, 15) is 15.3 Å². The summed E-state index contributed by atoms with van der Waals surface area (Å²) >= 11 is 1.49. The predicted octanol–water partition coefficient (Wildman–Crippen LogP) is 1.12. The van der Waals surface area contributed by atoms with Gasteiger partial charge >= 0.3 is 39.6 Å². The van der Waals surface area contributed by atoms with Gasteiger partial charge < -0.3 is 15.3 Å². The van der Waals surface area contributed by atoms with Crippen molar-refractivity contribution in [2.24, 2.45) is 0 Å². The quantitative estimate of drug-likeness (QED) is 0.593. The Morgan fingerprint density at radius 3 is 0.684 bits per heavy atom. The van der Waals surface area contributed by atoms with Crippen LogP contribution in [0.15, 0.2) is 10.2 Å². The van der Waals surface area contributed by atoms with Crippen LogP contribution in [0.3, 0.4) is 0 Å². The SMILES string of the molecule is CC(C)(C)[O-].CC(C)(C)[O-].CC(C)(C)[O-].CC=[CH][Sn+3]. The fourth-order valence-electron chi connectivity index (χ4n) is 0. The molecule has 19 heavy (non-hydrogen) atoms. The molecular weight excluding hydrogens is 347 g/mol. The Hall–Kier alpha value is 0.419. The Morgan fingerprint density at radius 1 is 0.632 bits per heavy atom. The zero-order valence-electron chi connectivity index (χ0n) is 14.4. The first-order valence-corrected chi connectivity index (χ1v) is 7.96. The van der Waals surface area contributed by atoms with Gasteiger partial charge in [0.15, 0.2) is 0 Å². The summed E-state index contributed by atoms with van der Waals surface area (Å²) in [4.78, 5) is 0. The second-order valence-electron chi connectivity index (χ2n) is 6.84. The number of allylic oxidation sites excluding steroid dienone is 1. The molecule has 0 rings (SSSR count). The summed E-state index contributed by atoms with van der Waals surface area (Å²) in [6.07, 6.45) is 2.04. The van der Waals surface area contributed by atoms with Crippen LogP contribution >= 0.6 is 0 Å². The maximum atomic E-state index is 10.1. The summed E-state index contributed by atoms with van der Waals surface area (Å²) in [7, 11) is 0. The minimum absolute atomic E-state index is 0.750. The number of hydrogen-bond acceptors (Lipinski definition) is 3. The van der Waals surface area contributed by atoms with Crippen LogP contribution in [-0.2, 0) is 0 Å². The van der Waals surface area contributed by atoms with Crippen molar-refractivity contribution in [2.45, 2.75) is 86.0 Å². The van der Waals surface area contributed by atoms with E-state index >= 15 is 0 Å². The monoisotopic (exact) mass is 380 g/mol. The number of hydrogen-bond donors (Lipinski definition) is 0. The molecule has 0 bridgehead atoms. The van der Waals surface area contributed by atoms with Crippen molar-refractivity contribution in [3.05, 3.63) is 10.2 Å². The summed E-state index contributed by atoms with van der Waals surface area (Å²) in [5.41, 5.74) is -2.25. The average Bonchev–Trinajstić information content (AvgIpc) is 1.93. The molecule has 0 unspecified atom stereocenters. The number of rotatable bonds is 0. The molecule has 0 spiro atoms. The zero-order chi connectivity index (χ0) is 16.9. The Kier molecular flexibility index (Phi) is 19.5. The molecule has 0 aliphatic rings. The third-order valence-electron chi connectivity index (χ3n) is 0.167. The van der Waals surface area contributed by atoms with Gasteiger partial charge in [-0.15, -0.1) is 16.8 Å². The molecule has 0 aliphatic heterocycles. The van der Waals surface area contributed by atoms with Crippen LogP contribution in [0.5, 0.6) is 0 Å². The summed E-state index contributed by atoms with van der Waals surface area (Å²) in [5, 5.41) is 30.3. The van der Waals surface area contributed by atoms with E-state index in [0.717, 1.165) is 0 Å². The molecule has 0 heterocycles. The standard InChI is InChI=1S/3C4H9O.C3H5.Sn/c3*1-4(2,3)5;1-3-2;/h3*1-3H3;1,3H,2H3;/q3*-1;;+3. The third kappa shape index (κ3) is 2470. The molecule has 0 fully saturated rings. The molecule has 0 radical (unpaired) electrons. The molecule has 114 valence electrons. The Balaban J connectivity index is -0.0000000793. The molecule has 0 aromatic rings. The van der Waals surface area contributed by atoms with Crippen LogP contribution in [0.4, 0.5) is 0 Å². The Morgan fingerprint density at radius 2 is 0.684 bits per heavy atom. The summed E-state index contributed by atoms with van der Waals surface area (Å²) in [6, 6.07) is 0. The van der Waals surface area contributed by atoms with E-state index in [4.69, 9.17) is 0 Å². The fraction of sp³-hybridized carbons (Fsp3) is 0.867. The van der Waals surface area contributed by atoms with Gasteiger partial charge in [-0.2, -0.15) is 0 Å². The molecule has 0 saturated heterocycles. The first-order chi connectivity index (χ1) is 7.91. The molecule has 0 aromatic heterocycles. The minimum atomic E-state index is -0.750. The molecule has 0 N–H and O–H groups in total. The zero-order valence-corrected chi connectivity index (χ0v) is 17.2. The first kappa shape index (κ1) is 27.7. The van der Waals surface area contributed by atoms with Crippen LogP contribution in [-0.4, -0.2) is 39.3 Å². The second kappa shape index (κ2) is 13.4. The Labute approximate surface area is 134 Å². The van der Waals surface area contributed by atoms with Gasteiger partial charge in [-0.05, 0) is 0 Å². The molecule has 0 aromatic carbocycles. The van der Waals surface area contributed by atoms with Crippen LogP contribution in [0.2, 0.25) is 0 Å². The molecule has 3 nitrogen and oxygen atoms in total. The summed E-state index contributed by atoms with van der Waals surface area (Å²) < 4.78 is 2.09. The summed E-state index contributed by atoms with van der Waals surface area (Å²) in [6.45, 7) is 16.7. The van der Waals surface area contributed by atoms with Gasteiger partial charge in [-0.1, -0.05) is 62.3 Å². The molecular formula is C15H32O3Sn. The summed E-state index contributed by atoms with van der Waals surface area (Å²) in [5.74, 6) is 0. The van der Waals surface area contributed by atoms with Crippen LogP contribution in [0, 0.1) is 0 Å². The fourth-order valence-corrected chi connectivity index (χ4v) is 0. The van der Waals surface area contributed by atoms with E-state index in [1.165, 1.54) is 22.5 Å². The normalized spacial score (nSPS) is 11.5. The van der Waals surface area contributed by atoms with Gasteiger partial charge in [0.25, 0.3) is 0 Å². The van der Waals surface area contributed by atoms with Crippen molar-refractivity contribution in [2.75, 3.05) is 0 Å². The molecule has 4 heteroatoms. The van der Waals surface area contributed by atoms with Crippen molar-refractivity contribution >= 4 is 22.5 Å². The molecule has 0 amide bonds. The van der Waals surface area contributed by atoms with Gasteiger partial charge in [0, 0.05) is 0 Å². The van der Waals surface area contributed by atoms with Gasteiger partial charge in [0.1, 0.15) is 0 Å². The molecule has 0 atom stereocenters. The van der Waals surface area contributed by atoms with E-state index in [0.29, 0.717) is 0 Å². The predicted molar refractivity (Wildman–Crippen MR) is 79.8 cm³/mol. The topological polar surface area (TPSA) is 69.2 Å².